The van der Waals surface area contributed by atoms with Crippen molar-refractivity contribution < 1.29 is 24.7 Å². The third-order valence-corrected chi connectivity index (χ3v) is 2.83. The van der Waals surface area contributed by atoms with Crippen molar-refractivity contribution in [2.24, 2.45) is 0 Å². The van der Waals surface area contributed by atoms with Gasteiger partial charge in [0.25, 0.3) is 5.56 Å². The van der Waals surface area contributed by atoms with Gasteiger partial charge < -0.3 is 14.9 Å². The van der Waals surface area contributed by atoms with Gasteiger partial charge in [-0.2, -0.15) is 0 Å². The van der Waals surface area contributed by atoms with Gasteiger partial charge in [0.2, 0.25) is 0 Å². The number of nitrogens with one attached hydrogen (secondary N) is 1. The molecule has 0 spiro atoms. The molecule has 0 aliphatic carbocycles. The Morgan fingerprint density at radius 2 is 2.26 bits per heavy atom. The minimum atomic E-state index is -1.17. The molecule has 0 bridgehead atoms. The van der Waals surface area contributed by atoms with E-state index in [1.165, 1.54) is 13.3 Å². The molecular weight excluding hydrogens is 260 g/mol. The number of aromatic nitrogens is 2. The van der Waals surface area contributed by atoms with E-state index < -0.39 is 42.4 Å². The molecule has 2 rings (SSSR count). The summed E-state index contributed by atoms with van der Waals surface area (Å²) in [5, 5.41) is 19.0. The highest BCUT2D eigenvalue weighted by atomic mass is 17.2. The minimum absolute atomic E-state index is 0.445. The number of hydrogen-bond acceptors (Lipinski definition) is 7. The fraction of sp³-hybridized carbons (Fsp3) is 0.600. The first-order valence-corrected chi connectivity index (χ1v) is 5.53. The Labute approximate surface area is 106 Å². The van der Waals surface area contributed by atoms with Gasteiger partial charge in [-0.3, -0.25) is 14.3 Å². The molecule has 0 saturated carbocycles. The van der Waals surface area contributed by atoms with Crippen molar-refractivity contribution in [2.75, 3.05) is 13.7 Å². The van der Waals surface area contributed by atoms with Gasteiger partial charge in [0, 0.05) is 12.3 Å². The van der Waals surface area contributed by atoms with Crippen LogP contribution in [0.3, 0.4) is 0 Å². The van der Waals surface area contributed by atoms with Gasteiger partial charge in [0.05, 0.1) is 13.7 Å². The van der Waals surface area contributed by atoms with E-state index in [2.05, 4.69) is 9.87 Å². The number of aromatic amines is 1. The van der Waals surface area contributed by atoms with Gasteiger partial charge in [-0.15, -0.1) is 0 Å². The second kappa shape index (κ2) is 5.63. The van der Waals surface area contributed by atoms with Crippen LogP contribution in [0.5, 0.6) is 0 Å². The average Bonchev–Trinajstić information content (AvgIpc) is 2.68. The molecule has 1 aromatic heterocycles. The van der Waals surface area contributed by atoms with Gasteiger partial charge in [0.1, 0.15) is 12.2 Å². The molecule has 0 radical (unpaired) electrons. The van der Waals surface area contributed by atoms with Crippen LogP contribution in [0.4, 0.5) is 0 Å². The lowest BCUT2D eigenvalue weighted by Crippen LogP contribution is -2.39. The maximum atomic E-state index is 11.7. The largest absolute Gasteiger partial charge is 0.394 e. The zero-order chi connectivity index (χ0) is 14.0. The number of aliphatic hydroxyl groups is 2. The van der Waals surface area contributed by atoms with Gasteiger partial charge in [-0.05, 0) is 0 Å². The van der Waals surface area contributed by atoms with E-state index in [1.807, 2.05) is 0 Å². The predicted molar refractivity (Wildman–Crippen MR) is 60.2 cm³/mol. The molecule has 1 aromatic rings. The Balaban J connectivity index is 2.36. The third-order valence-electron chi connectivity index (χ3n) is 2.83. The molecular formula is C10H14N2O7. The smallest absolute Gasteiger partial charge is 0.330 e. The summed E-state index contributed by atoms with van der Waals surface area (Å²) in [6.45, 7) is -0.445. The summed E-state index contributed by atoms with van der Waals surface area (Å²) >= 11 is 0. The fourth-order valence-electron chi connectivity index (χ4n) is 1.94. The Morgan fingerprint density at radius 3 is 2.84 bits per heavy atom. The fourth-order valence-corrected chi connectivity index (χ4v) is 1.94. The van der Waals surface area contributed by atoms with Crippen LogP contribution in [0.15, 0.2) is 21.9 Å². The van der Waals surface area contributed by atoms with Gasteiger partial charge in [0.15, 0.2) is 12.3 Å². The summed E-state index contributed by atoms with van der Waals surface area (Å²) in [6, 6.07) is 1.13. The number of hydrogen-bond donors (Lipinski definition) is 3. The lowest BCUT2D eigenvalue weighted by molar-refractivity contribution is -0.327. The molecule has 1 saturated heterocycles. The number of rotatable bonds is 4. The van der Waals surface area contributed by atoms with E-state index >= 15 is 0 Å². The van der Waals surface area contributed by atoms with E-state index in [1.54, 1.807) is 0 Å². The van der Waals surface area contributed by atoms with Crippen molar-refractivity contribution in [1.29, 1.82) is 0 Å². The quantitative estimate of drug-likeness (QED) is 0.418. The van der Waals surface area contributed by atoms with Crippen molar-refractivity contribution in [3.8, 4) is 0 Å². The first-order chi connectivity index (χ1) is 9.08. The number of H-pyrrole nitrogens is 1. The summed E-state index contributed by atoms with van der Waals surface area (Å²) in [7, 11) is 1.24. The second-order valence-corrected chi connectivity index (χ2v) is 3.98. The van der Waals surface area contributed by atoms with Crippen molar-refractivity contribution >= 4 is 0 Å². The highest BCUT2D eigenvalue weighted by Crippen LogP contribution is 2.30. The molecule has 9 heteroatoms. The molecule has 0 aromatic carbocycles. The van der Waals surface area contributed by atoms with Crippen LogP contribution in [0.2, 0.25) is 0 Å². The average molecular weight is 274 g/mol. The molecule has 0 amide bonds. The molecule has 4 atom stereocenters. The number of nitrogens with zero attached hydrogens (tertiary/aromatic N) is 1. The maximum Gasteiger partial charge on any atom is 0.330 e. The van der Waals surface area contributed by atoms with Crippen LogP contribution in [-0.2, 0) is 14.5 Å². The van der Waals surface area contributed by atoms with Crippen LogP contribution in [0.1, 0.15) is 6.23 Å². The van der Waals surface area contributed by atoms with Crippen LogP contribution in [-0.4, -0.2) is 51.8 Å². The summed E-state index contributed by atoms with van der Waals surface area (Å²) in [5.74, 6) is 0. The highest BCUT2D eigenvalue weighted by molar-refractivity contribution is 4.93. The van der Waals surface area contributed by atoms with Crippen LogP contribution < -0.4 is 11.2 Å². The predicted octanol–water partition coefficient (Wildman–Crippen LogP) is -2.27. The standard InChI is InChI=1S/C10H14N2O7/c1-17-19-8-7(15)5(4-13)18-9(8)12-3-2-6(14)11-10(12)16/h2-3,5,7-9,13,15H,4H2,1H3,(H,11,14,16)/t5-,7?,8?,9-/m0/s1. The van der Waals surface area contributed by atoms with E-state index in [-0.39, 0.29) is 0 Å². The minimum Gasteiger partial charge on any atom is -0.394 e. The number of aliphatic hydroxyl groups excluding tert-OH is 2. The first-order valence-electron chi connectivity index (χ1n) is 5.53. The molecule has 3 N–H and O–H groups in total. The third kappa shape index (κ3) is 2.60. The summed E-state index contributed by atoms with van der Waals surface area (Å²) in [5.41, 5.74) is -1.27. The van der Waals surface area contributed by atoms with Gasteiger partial charge >= 0.3 is 5.69 Å². The molecule has 1 aliphatic rings. The van der Waals surface area contributed by atoms with E-state index in [4.69, 9.17) is 14.7 Å². The Bertz CT molecular complexity index is 539. The summed E-state index contributed by atoms with van der Waals surface area (Å²) in [6.07, 6.45) is -2.90. The number of ether oxygens (including phenoxy) is 1. The topological polar surface area (TPSA) is 123 Å². The summed E-state index contributed by atoms with van der Waals surface area (Å²) in [4.78, 5) is 34.1. The van der Waals surface area contributed by atoms with Crippen molar-refractivity contribution in [3.05, 3.63) is 33.1 Å². The molecule has 19 heavy (non-hydrogen) atoms. The normalized spacial score (nSPS) is 30.7. The van der Waals surface area contributed by atoms with E-state index in [0.29, 0.717) is 0 Å². The Morgan fingerprint density at radius 1 is 1.53 bits per heavy atom. The Hall–Kier alpha value is -1.52. The maximum absolute atomic E-state index is 11.7. The zero-order valence-electron chi connectivity index (χ0n) is 10.1. The molecule has 2 unspecified atom stereocenters. The summed E-state index contributed by atoms with van der Waals surface area (Å²) < 4.78 is 6.38. The second-order valence-electron chi connectivity index (χ2n) is 3.98. The molecule has 106 valence electrons. The van der Waals surface area contributed by atoms with Gasteiger partial charge in [-0.1, -0.05) is 0 Å². The van der Waals surface area contributed by atoms with Crippen LogP contribution >= 0.6 is 0 Å². The lowest BCUT2D eigenvalue weighted by atomic mass is 10.1. The van der Waals surface area contributed by atoms with E-state index in [9.17, 15) is 14.7 Å². The lowest BCUT2D eigenvalue weighted by Gasteiger charge is -2.19. The van der Waals surface area contributed by atoms with Crippen LogP contribution in [0, 0.1) is 0 Å². The molecule has 1 fully saturated rings. The van der Waals surface area contributed by atoms with E-state index in [0.717, 1.165) is 10.6 Å². The highest BCUT2D eigenvalue weighted by Gasteiger charge is 2.46. The molecule has 2 heterocycles. The molecule has 1 aliphatic heterocycles. The SMILES string of the molecule is COOC1C(O)[C@H](CO)O[C@@H]1n1ccc(=O)[nH]c1=O. The Kier molecular flexibility index (Phi) is 4.12. The van der Waals surface area contributed by atoms with Crippen molar-refractivity contribution in [2.45, 2.75) is 24.5 Å². The first kappa shape index (κ1) is 13.9. The molecule has 9 nitrogen and oxygen atoms in total. The monoisotopic (exact) mass is 274 g/mol. The zero-order valence-corrected chi connectivity index (χ0v) is 10.1. The van der Waals surface area contributed by atoms with Crippen LogP contribution in [0.25, 0.3) is 0 Å². The van der Waals surface area contributed by atoms with Crippen molar-refractivity contribution in [3.63, 3.8) is 0 Å². The van der Waals surface area contributed by atoms with Crippen molar-refractivity contribution in [1.82, 2.24) is 9.55 Å². The van der Waals surface area contributed by atoms with Gasteiger partial charge in [-0.25, -0.2) is 14.6 Å².